The van der Waals surface area contributed by atoms with Gasteiger partial charge >= 0.3 is 0 Å². The van der Waals surface area contributed by atoms with Gasteiger partial charge in [0.15, 0.2) is 0 Å². The fourth-order valence-electron chi connectivity index (χ4n) is 6.49. The molecule has 0 unspecified atom stereocenters. The van der Waals surface area contributed by atoms with E-state index in [9.17, 15) is 14.7 Å². The normalized spacial score (nSPS) is 37.7. The van der Waals surface area contributed by atoms with Crippen LogP contribution in [0.1, 0.15) is 63.4 Å². The summed E-state index contributed by atoms with van der Waals surface area (Å²) >= 11 is 0. The largest absolute Gasteiger partial charge is 0.390 e. The molecule has 4 aliphatic carbocycles. The summed E-state index contributed by atoms with van der Waals surface area (Å²) in [6.45, 7) is 4.42. The molecule has 1 aromatic heterocycles. The van der Waals surface area contributed by atoms with Gasteiger partial charge in [0.1, 0.15) is 5.82 Å². The zero-order valence-corrected chi connectivity index (χ0v) is 15.7. The summed E-state index contributed by atoms with van der Waals surface area (Å²) in [4.78, 5) is 31.6. The molecular weight excluding hydrogens is 330 g/mol. The zero-order valence-electron chi connectivity index (χ0n) is 15.7. The molecule has 142 valence electrons. The van der Waals surface area contributed by atoms with Gasteiger partial charge in [-0.2, -0.15) is 0 Å². The number of amides is 1. The predicted octanol–water partition coefficient (Wildman–Crippen LogP) is 1.85. The van der Waals surface area contributed by atoms with Crippen molar-refractivity contribution in [2.45, 2.75) is 70.8 Å². The molecule has 26 heavy (non-hydrogen) atoms. The summed E-state index contributed by atoms with van der Waals surface area (Å²) in [6, 6.07) is 1.48. The van der Waals surface area contributed by atoms with Gasteiger partial charge in [-0.15, -0.1) is 0 Å². The fraction of sp³-hybridized carbons (Fsp3) is 0.750. The monoisotopic (exact) mass is 359 g/mol. The minimum atomic E-state index is -0.655. The van der Waals surface area contributed by atoms with Crippen LogP contribution in [0.2, 0.25) is 0 Å². The summed E-state index contributed by atoms with van der Waals surface area (Å²) in [5, 5.41) is 14.1. The van der Waals surface area contributed by atoms with Crippen LogP contribution in [0.5, 0.6) is 0 Å². The summed E-state index contributed by atoms with van der Waals surface area (Å²) in [7, 11) is 0. The van der Waals surface area contributed by atoms with Crippen LogP contribution in [0.4, 0.5) is 0 Å². The number of hydrogen-bond acceptors (Lipinski definition) is 4. The van der Waals surface area contributed by atoms with E-state index in [-0.39, 0.29) is 16.9 Å². The van der Waals surface area contributed by atoms with E-state index >= 15 is 0 Å². The molecule has 1 amide bonds. The minimum absolute atomic E-state index is 0.0828. The van der Waals surface area contributed by atoms with E-state index in [1.807, 2.05) is 0 Å². The molecule has 4 bridgehead atoms. The van der Waals surface area contributed by atoms with Crippen LogP contribution in [-0.4, -0.2) is 33.1 Å². The summed E-state index contributed by atoms with van der Waals surface area (Å²) in [5.74, 6) is 1.14. The van der Waals surface area contributed by atoms with Crippen molar-refractivity contribution in [3.05, 3.63) is 27.9 Å². The Labute approximate surface area is 153 Å². The molecule has 6 nitrogen and oxygen atoms in total. The van der Waals surface area contributed by atoms with Crippen LogP contribution in [0, 0.1) is 23.7 Å². The van der Waals surface area contributed by atoms with Crippen LogP contribution in [0.25, 0.3) is 0 Å². The SMILES string of the molecule is CC[C@]12C[C@@H]3C[C@@](O)(C1)C[C@@](C(=O)NCCc1cc(=O)[nH]c(C)n1)(C3)C2. The number of rotatable bonds is 5. The highest BCUT2D eigenvalue weighted by molar-refractivity contribution is 5.83. The number of aryl methyl sites for hydroxylation is 1. The maximum absolute atomic E-state index is 13.1. The van der Waals surface area contributed by atoms with Gasteiger partial charge in [-0.25, -0.2) is 4.98 Å². The molecule has 5 rings (SSSR count). The zero-order chi connectivity index (χ0) is 18.6. The van der Waals surface area contributed by atoms with Crippen LogP contribution < -0.4 is 10.9 Å². The molecule has 0 aromatic carbocycles. The van der Waals surface area contributed by atoms with Gasteiger partial charge in [-0.3, -0.25) is 9.59 Å². The van der Waals surface area contributed by atoms with Crippen LogP contribution >= 0.6 is 0 Å². The fourth-order valence-corrected chi connectivity index (χ4v) is 6.49. The molecule has 1 aromatic rings. The molecule has 0 spiro atoms. The first-order chi connectivity index (χ1) is 12.3. The quantitative estimate of drug-likeness (QED) is 0.748. The van der Waals surface area contributed by atoms with Crippen molar-refractivity contribution < 1.29 is 9.90 Å². The Morgan fingerprint density at radius 1 is 1.35 bits per heavy atom. The molecule has 0 radical (unpaired) electrons. The van der Waals surface area contributed by atoms with E-state index in [0.717, 1.165) is 38.5 Å². The van der Waals surface area contributed by atoms with Gasteiger partial charge in [0.05, 0.1) is 11.0 Å². The Balaban J connectivity index is 1.45. The number of aliphatic hydroxyl groups is 1. The van der Waals surface area contributed by atoms with Crippen molar-refractivity contribution in [1.29, 1.82) is 0 Å². The molecule has 4 atom stereocenters. The lowest BCUT2D eigenvalue weighted by molar-refractivity contribution is -0.204. The number of nitrogens with zero attached hydrogens (tertiary/aromatic N) is 1. The number of aromatic nitrogens is 2. The molecule has 4 fully saturated rings. The average molecular weight is 359 g/mol. The first-order valence-electron chi connectivity index (χ1n) is 9.83. The molecule has 4 saturated carbocycles. The second kappa shape index (κ2) is 5.91. The highest BCUT2D eigenvalue weighted by Crippen LogP contribution is 2.67. The standard InChI is InChI=1S/C20H29N3O3/c1-3-18-7-14-8-19(10-18,12-20(26,9-14)11-18)17(25)21-5-4-15-6-16(24)23-13(2)22-15/h6,14,26H,3-5,7-12H2,1-2H3,(H,21,25)(H,22,23,24)/t14-,18+,19+,20+/m0/s1. The first-order valence-corrected chi connectivity index (χ1v) is 9.83. The van der Waals surface area contributed by atoms with Crippen LogP contribution in [0.3, 0.4) is 0 Å². The topological polar surface area (TPSA) is 95.1 Å². The number of aromatic amines is 1. The van der Waals surface area contributed by atoms with Gasteiger partial charge in [-0.1, -0.05) is 13.3 Å². The van der Waals surface area contributed by atoms with Crippen molar-refractivity contribution in [1.82, 2.24) is 15.3 Å². The van der Waals surface area contributed by atoms with E-state index in [1.165, 1.54) is 6.07 Å². The number of carbonyl (C=O) groups is 1. The van der Waals surface area contributed by atoms with Gasteiger partial charge in [-0.05, 0) is 56.8 Å². The lowest BCUT2D eigenvalue weighted by Crippen LogP contribution is -2.63. The van der Waals surface area contributed by atoms with Crippen molar-refractivity contribution >= 4 is 5.91 Å². The predicted molar refractivity (Wildman–Crippen MR) is 97.6 cm³/mol. The number of H-pyrrole nitrogens is 1. The smallest absolute Gasteiger partial charge is 0.251 e. The Bertz CT molecular complexity index is 791. The third-order valence-corrected chi connectivity index (χ3v) is 6.97. The van der Waals surface area contributed by atoms with E-state index in [0.29, 0.717) is 36.8 Å². The first kappa shape index (κ1) is 17.7. The van der Waals surface area contributed by atoms with Crippen LogP contribution in [0.15, 0.2) is 10.9 Å². The summed E-state index contributed by atoms with van der Waals surface area (Å²) in [6.07, 6.45) is 6.88. The Morgan fingerprint density at radius 3 is 2.85 bits per heavy atom. The lowest BCUT2D eigenvalue weighted by Gasteiger charge is -2.64. The van der Waals surface area contributed by atoms with Gasteiger partial charge in [0.25, 0.3) is 5.56 Å². The molecule has 6 heteroatoms. The third-order valence-electron chi connectivity index (χ3n) is 6.97. The van der Waals surface area contributed by atoms with E-state index in [1.54, 1.807) is 6.92 Å². The second-order valence-corrected chi connectivity index (χ2v) is 9.19. The van der Waals surface area contributed by atoms with Crippen molar-refractivity contribution in [3.63, 3.8) is 0 Å². The third kappa shape index (κ3) is 2.98. The van der Waals surface area contributed by atoms with Crippen molar-refractivity contribution in [2.24, 2.45) is 16.7 Å². The number of carbonyl (C=O) groups excluding carboxylic acids is 1. The maximum atomic E-state index is 13.1. The number of nitrogens with one attached hydrogen (secondary N) is 2. The molecule has 4 aliphatic rings. The highest BCUT2D eigenvalue weighted by Gasteiger charge is 2.64. The average Bonchev–Trinajstić information content (AvgIpc) is 2.51. The Hall–Kier alpha value is -1.69. The van der Waals surface area contributed by atoms with Gasteiger partial charge in [0.2, 0.25) is 5.91 Å². The van der Waals surface area contributed by atoms with Crippen LogP contribution in [-0.2, 0) is 11.2 Å². The van der Waals surface area contributed by atoms with E-state index < -0.39 is 11.0 Å². The molecule has 0 saturated heterocycles. The van der Waals surface area contributed by atoms with E-state index in [2.05, 4.69) is 22.2 Å². The number of hydrogen-bond donors (Lipinski definition) is 3. The lowest BCUT2D eigenvalue weighted by atomic mass is 9.42. The second-order valence-electron chi connectivity index (χ2n) is 9.19. The van der Waals surface area contributed by atoms with Crippen molar-refractivity contribution in [3.8, 4) is 0 Å². The Morgan fingerprint density at radius 2 is 2.15 bits per heavy atom. The molecule has 1 heterocycles. The Kier molecular flexibility index (Phi) is 4.03. The maximum Gasteiger partial charge on any atom is 0.251 e. The minimum Gasteiger partial charge on any atom is -0.390 e. The van der Waals surface area contributed by atoms with Gasteiger partial charge < -0.3 is 15.4 Å². The molecular formula is C20H29N3O3. The summed E-state index contributed by atoms with van der Waals surface area (Å²) < 4.78 is 0. The van der Waals surface area contributed by atoms with Crippen molar-refractivity contribution in [2.75, 3.05) is 6.54 Å². The molecule has 0 aliphatic heterocycles. The highest BCUT2D eigenvalue weighted by atomic mass is 16.3. The summed E-state index contributed by atoms with van der Waals surface area (Å²) in [5.41, 5.74) is -0.399. The molecule has 3 N–H and O–H groups in total. The van der Waals surface area contributed by atoms with Gasteiger partial charge in [0, 0.05) is 24.7 Å². The van der Waals surface area contributed by atoms with E-state index in [4.69, 9.17) is 0 Å².